The molecule has 2 N–H and O–H groups in total. The SMILES string of the molecule is COC1(c2ccc(-c3cc4c(N5CCN(C(=O)NC(C)C)CC5)ccnn4c3)nc2)CCNCC1. The first-order chi connectivity index (χ1) is 17.0. The van der Waals surface area contributed by atoms with E-state index in [1.54, 1.807) is 7.11 Å². The van der Waals surface area contributed by atoms with Crippen LogP contribution in [0.5, 0.6) is 0 Å². The van der Waals surface area contributed by atoms with Crippen LogP contribution in [0, 0.1) is 0 Å². The molecule has 0 bridgehead atoms. The van der Waals surface area contributed by atoms with Crippen LogP contribution in [-0.4, -0.2) is 77.9 Å². The standard InChI is InChI=1S/C26H35N7O2/c1-19(2)30-25(34)32-14-12-31(13-15-32)23-6-9-29-33-18-20(16-24(23)33)22-5-4-21(17-28-22)26(35-3)7-10-27-11-8-26/h4-6,9,16-19,27H,7-8,10-15H2,1-3H3,(H,30,34). The summed E-state index contributed by atoms with van der Waals surface area (Å²) in [6.07, 6.45) is 7.71. The van der Waals surface area contributed by atoms with Gasteiger partial charge in [0.15, 0.2) is 0 Å². The quantitative estimate of drug-likeness (QED) is 0.588. The molecule has 0 unspecified atom stereocenters. The highest BCUT2D eigenvalue weighted by molar-refractivity contribution is 5.79. The molecule has 2 amide bonds. The van der Waals surface area contributed by atoms with Gasteiger partial charge in [-0.1, -0.05) is 6.07 Å². The van der Waals surface area contributed by atoms with E-state index in [-0.39, 0.29) is 17.7 Å². The average molecular weight is 478 g/mol. The normalized spacial score (nSPS) is 18.3. The van der Waals surface area contributed by atoms with E-state index < -0.39 is 0 Å². The van der Waals surface area contributed by atoms with E-state index in [0.29, 0.717) is 13.1 Å². The summed E-state index contributed by atoms with van der Waals surface area (Å²) in [7, 11) is 1.80. The fourth-order valence-electron chi connectivity index (χ4n) is 5.17. The maximum Gasteiger partial charge on any atom is 0.317 e. The minimum Gasteiger partial charge on any atom is -0.373 e. The number of aromatic nitrogens is 3. The molecule has 0 saturated carbocycles. The predicted molar refractivity (Wildman–Crippen MR) is 137 cm³/mol. The second-order valence-corrected chi connectivity index (χ2v) is 9.73. The number of nitrogens with one attached hydrogen (secondary N) is 2. The molecule has 2 fully saturated rings. The van der Waals surface area contributed by atoms with Crippen molar-refractivity contribution < 1.29 is 9.53 Å². The Labute approximate surface area is 206 Å². The number of hydrogen-bond donors (Lipinski definition) is 2. The second-order valence-electron chi connectivity index (χ2n) is 9.73. The number of piperazine rings is 1. The zero-order valence-electron chi connectivity index (χ0n) is 20.8. The van der Waals surface area contributed by atoms with Crippen LogP contribution in [0.2, 0.25) is 0 Å². The van der Waals surface area contributed by atoms with Gasteiger partial charge in [-0.3, -0.25) is 4.98 Å². The van der Waals surface area contributed by atoms with E-state index in [0.717, 1.165) is 67.0 Å². The number of rotatable bonds is 5. The number of hydrogen-bond acceptors (Lipinski definition) is 6. The average Bonchev–Trinajstić information content (AvgIpc) is 3.33. The number of carbonyl (C=O) groups excluding carboxylic acids is 1. The van der Waals surface area contributed by atoms with Crippen LogP contribution in [0.25, 0.3) is 16.8 Å². The maximum atomic E-state index is 12.4. The van der Waals surface area contributed by atoms with E-state index in [4.69, 9.17) is 9.72 Å². The van der Waals surface area contributed by atoms with Gasteiger partial charge in [0.25, 0.3) is 0 Å². The summed E-state index contributed by atoms with van der Waals surface area (Å²) in [5, 5.41) is 10.9. The van der Waals surface area contributed by atoms with Crippen molar-refractivity contribution in [2.24, 2.45) is 0 Å². The number of fused-ring (bicyclic) bond motifs is 1. The number of piperidine rings is 1. The minimum atomic E-state index is -0.259. The van der Waals surface area contributed by atoms with Gasteiger partial charge in [0.1, 0.15) is 0 Å². The zero-order valence-corrected chi connectivity index (χ0v) is 20.8. The molecule has 0 spiro atoms. The third-order valence-electron chi connectivity index (χ3n) is 7.19. The van der Waals surface area contributed by atoms with Gasteiger partial charge in [-0.2, -0.15) is 5.10 Å². The van der Waals surface area contributed by atoms with Crippen LogP contribution < -0.4 is 15.5 Å². The van der Waals surface area contributed by atoms with Gasteiger partial charge in [-0.15, -0.1) is 0 Å². The molecule has 3 aromatic heterocycles. The molecule has 186 valence electrons. The van der Waals surface area contributed by atoms with Crippen molar-refractivity contribution >= 4 is 17.2 Å². The Bertz CT molecular complexity index is 1160. The molecule has 5 rings (SSSR count). The summed E-state index contributed by atoms with van der Waals surface area (Å²) in [5.41, 5.74) is 4.99. The first-order valence-corrected chi connectivity index (χ1v) is 12.5. The molecular weight excluding hydrogens is 442 g/mol. The number of urea groups is 1. The van der Waals surface area contributed by atoms with Gasteiger partial charge in [0.05, 0.1) is 22.5 Å². The Morgan fingerprint density at radius 3 is 2.57 bits per heavy atom. The fraction of sp³-hybridized carbons (Fsp3) is 0.500. The number of amides is 2. The molecule has 2 saturated heterocycles. The lowest BCUT2D eigenvalue weighted by Gasteiger charge is -2.36. The summed E-state index contributed by atoms with van der Waals surface area (Å²) in [6.45, 7) is 8.83. The number of carbonyl (C=O) groups is 1. The fourth-order valence-corrected chi connectivity index (χ4v) is 5.17. The summed E-state index contributed by atoms with van der Waals surface area (Å²) in [6, 6.07) is 8.59. The minimum absolute atomic E-state index is 0.0127. The lowest BCUT2D eigenvalue weighted by Crippen LogP contribution is -2.53. The van der Waals surface area contributed by atoms with Crippen molar-refractivity contribution in [1.29, 1.82) is 0 Å². The summed E-state index contributed by atoms with van der Waals surface area (Å²) in [4.78, 5) is 21.4. The lowest BCUT2D eigenvalue weighted by atomic mass is 9.85. The first-order valence-electron chi connectivity index (χ1n) is 12.5. The van der Waals surface area contributed by atoms with E-state index in [1.165, 1.54) is 0 Å². The van der Waals surface area contributed by atoms with E-state index >= 15 is 0 Å². The van der Waals surface area contributed by atoms with Gasteiger partial charge in [-0.05, 0) is 58.0 Å². The van der Waals surface area contributed by atoms with Gasteiger partial charge in [0, 0.05) is 69.0 Å². The van der Waals surface area contributed by atoms with Gasteiger partial charge >= 0.3 is 6.03 Å². The lowest BCUT2D eigenvalue weighted by molar-refractivity contribution is -0.0393. The topological polar surface area (TPSA) is 87.0 Å². The van der Waals surface area contributed by atoms with Crippen LogP contribution in [0.15, 0.2) is 42.9 Å². The van der Waals surface area contributed by atoms with Crippen LogP contribution in [-0.2, 0) is 10.3 Å². The third kappa shape index (κ3) is 4.70. The molecule has 0 aromatic carbocycles. The Balaban J connectivity index is 1.34. The first kappa shape index (κ1) is 23.6. The number of ether oxygens (including phenoxy) is 1. The van der Waals surface area contributed by atoms with Crippen molar-refractivity contribution in [3.05, 3.63) is 48.4 Å². The Kier molecular flexibility index (Phi) is 6.62. The highest BCUT2D eigenvalue weighted by Crippen LogP contribution is 2.35. The van der Waals surface area contributed by atoms with Crippen LogP contribution in [0.3, 0.4) is 0 Å². The predicted octanol–water partition coefficient (Wildman–Crippen LogP) is 2.86. The van der Waals surface area contributed by atoms with E-state index in [2.05, 4.69) is 44.9 Å². The van der Waals surface area contributed by atoms with Crippen LogP contribution >= 0.6 is 0 Å². The Morgan fingerprint density at radius 1 is 1.14 bits per heavy atom. The molecular formula is C26H35N7O2. The largest absolute Gasteiger partial charge is 0.373 e. The van der Waals surface area contributed by atoms with Crippen molar-refractivity contribution in [2.75, 3.05) is 51.3 Å². The summed E-state index contributed by atoms with van der Waals surface area (Å²) < 4.78 is 7.87. The number of nitrogens with zero attached hydrogens (tertiary/aromatic N) is 5. The van der Waals surface area contributed by atoms with Crippen molar-refractivity contribution in [1.82, 2.24) is 30.1 Å². The van der Waals surface area contributed by atoms with E-state index in [9.17, 15) is 4.79 Å². The highest BCUT2D eigenvalue weighted by atomic mass is 16.5. The molecule has 5 heterocycles. The summed E-state index contributed by atoms with van der Waals surface area (Å²) in [5.74, 6) is 0. The second kappa shape index (κ2) is 9.83. The summed E-state index contributed by atoms with van der Waals surface area (Å²) >= 11 is 0. The smallest absolute Gasteiger partial charge is 0.317 e. The van der Waals surface area contributed by atoms with Gasteiger partial charge < -0.3 is 25.2 Å². The van der Waals surface area contributed by atoms with Crippen molar-refractivity contribution in [3.63, 3.8) is 0 Å². The molecule has 9 heteroatoms. The maximum absolute atomic E-state index is 12.4. The molecule has 0 aliphatic carbocycles. The van der Waals surface area contributed by atoms with Crippen LogP contribution in [0.1, 0.15) is 32.3 Å². The molecule has 0 radical (unpaired) electrons. The highest BCUT2D eigenvalue weighted by Gasteiger charge is 2.34. The van der Waals surface area contributed by atoms with Crippen LogP contribution in [0.4, 0.5) is 10.5 Å². The monoisotopic (exact) mass is 477 g/mol. The Morgan fingerprint density at radius 2 is 1.91 bits per heavy atom. The molecule has 0 atom stereocenters. The van der Waals surface area contributed by atoms with Crippen molar-refractivity contribution in [2.45, 2.75) is 38.3 Å². The molecule has 35 heavy (non-hydrogen) atoms. The molecule has 3 aromatic rings. The number of methoxy groups -OCH3 is 1. The van der Waals surface area contributed by atoms with Gasteiger partial charge in [-0.25, -0.2) is 9.31 Å². The molecule has 2 aliphatic rings. The zero-order chi connectivity index (χ0) is 24.4. The molecule has 2 aliphatic heterocycles. The van der Waals surface area contributed by atoms with Crippen molar-refractivity contribution in [3.8, 4) is 11.3 Å². The number of pyridine rings is 1. The third-order valence-corrected chi connectivity index (χ3v) is 7.19. The van der Waals surface area contributed by atoms with E-state index in [1.807, 2.05) is 41.9 Å². The van der Waals surface area contributed by atoms with Gasteiger partial charge in [0.2, 0.25) is 0 Å². The molecule has 9 nitrogen and oxygen atoms in total. The Hall–Kier alpha value is -3.17. The number of anilines is 1.